The van der Waals surface area contributed by atoms with Gasteiger partial charge in [-0.05, 0) is 31.0 Å². The van der Waals surface area contributed by atoms with Crippen LogP contribution in [-0.2, 0) is 6.61 Å². The molecule has 1 saturated heterocycles. The number of rotatable bonds is 4. The van der Waals surface area contributed by atoms with Crippen molar-refractivity contribution in [2.75, 3.05) is 13.1 Å². The average Bonchev–Trinajstić information content (AvgIpc) is 3.02. The van der Waals surface area contributed by atoms with Crippen LogP contribution in [0.1, 0.15) is 29.0 Å². The number of aliphatic hydroxyl groups is 1. The molecule has 2 heterocycles. The third-order valence-electron chi connectivity index (χ3n) is 3.83. The van der Waals surface area contributed by atoms with Gasteiger partial charge in [0, 0.05) is 18.7 Å². The lowest BCUT2D eigenvalue weighted by molar-refractivity contribution is 0.0517. The smallest absolute Gasteiger partial charge is 0.289 e. The Labute approximate surface area is 129 Å². The molecule has 2 aromatic rings. The highest BCUT2D eigenvalue weighted by molar-refractivity contribution is 5.93. The van der Waals surface area contributed by atoms with Gasteiger partial charge in [-0.2, -0.15) is 0 Å². The highest BCUT2D eigenvalue weighted by Crippen LogP contribution is 2.19. The molecule has 116 valence electrons. The van der Waals surface area contributed by atoms with E-state index in [1.165, 1.54) is 6.26 Å². The van der Waals surface area contributed by atoms with Crippen molar-refractivity contribution in [2.45, 2.75) is 25.6 Å². The van der Waals surface area contributed by atoms with E-state index in [9.17, 15) is 9.90 Å². The Balaban J connectivity index is 1.65. The number of amides is 1. The molecule has 0 bridgehead atoms. The standard InChI is InChI=1S/C17H19NO4/c19-14-6-9-18(10-7-14)17(20)16-13(8-11-21-16)12-22-15-4-2-1-3-5-15/h1-5,8,11,14,19H,6-7,9-10,12H2. The van der Waals surface area contributed by atoms with E-state index in [1.807, 2.05) is 30.3 Å². The average molecular weight is 301 g/mol. The Bertz CT molecular complexity index is 615. The summed E-state index contributed by atoms with van der Waals surface area (Å²) in [5.41, 5.74) is 0.736. The number of nitrogens with zero attached hydrogens (tertiary/aromatic N) is 1. The lowest BCUT2D eigenvalue weighted by atomic mass is 10.1. The molecular formula is C17H19NO4. The molecule has 0 unspecified atom stereocenters. The van der Waals surface area contributed by atoms with E-state index < -0.39 is 0 Å². The van der Waals surface area contributed by atoms with Crippen molar-refractivity contribution < 1.29 is 19.1 Å². The van der Waals surface area contributed by atoms with Crippen LogP contribution < -0.4 is 4.74 Å². The van der Waals surface area contributed by atoms with Crippen molar-refractivity contribution in [1.82, 2.24) is 4.90 Å². The molecule has 5 heteroatoms. The van der Waals surface area contributed by atoms with Crippen molar-refractivity contribution in [3.05, 3.63) is 54.0 Å². The zero-order chi connectivity index (χ0) is 15.4. The molecule has 1 aromatic heterocycles. The third-order valence-corrected chi connectivity index (χ3v) is 3.83. The summed E-state index contributed by atoms with van der Waals surface area (Å²) in [6.45, 7) is 1.40. The second-order valence-electron chi connectivity index (χ2n) is 5.40. The number of benzene rings is 1. The number of hydrogen-bond acceptors (Lipinski definition) is 4. The molecular weight excluding hydrogens is 282 g/mol. The minimum atomic E-state index is -0.304. The van der Waals surface area contributed by atoms with Crippen LogP contribution in [0.2, 0.25) is 0 Å². The summed E-state index contributed by atoms with van der Waals surface area (Å²) in [7, 11) is 0. The van der Waals surface area contributed by atoms with Crippen molar-refractivity contribution in [3.63, 3.8) is 0 Å². The molecule has 0 saturated carbocycles. The number of carbonyl (C=O) groups excluding carboxylic acids is 1. The summed E-state index contributed by atoms with van der Waals surface area (Å²) in [5.74, 6) is 0.944. The van der Waals surface area contributed by atoms with Gasteiger partial charge in [0.25, 0.3) is 5.91 Å². The van der Waals surface area contributed by atoms with Gasteiger partial charge in [-0.25, -0.2) is 0 Å². The quantitative estimate of drug-likeness (QED) is 0.942. The van der Waals surface area contributed by atoms with E-state index in [4.69, 9.17) is 9.15 Å². The van der Waals surface area contributed by atoms with E-state index >= 15 is 0 Å². The Hall–Kier alpha value is -2.27. The van der Waals surface area contributed by atoms with Crippen molar-refractivity contribution >= 4 is 5.91 Å². The molecule has 22 heavy (non-hydrogen) atoms. The molecule has 1 aliphatic rings. The minimum Gasteiger partial charge on any atom is -0.489 e. The predicted molar refractivity (Wildman–Crippen MR) is 80.6 cm³/mol. The fourth-order valence-corrected chi connectivity index (χ4v) is 2.53. The fraction of sp³-hybridized carbons (Fsp3) is 0.353. The highest BCUT2D eigenvalue weighted by Gasteiger charge is 2.26. The van der Waals surface area contributed by atoms with Gasteiger partial charge in [-0.1, -0.05) is 18.2 Å². The molecule has 0 radical (unpaired) electrons. The maximum atomic E-state index is 12.5. The van der Waals surface area contributed by atoms with E-state index in [2.05, 4.69) is 0 Å². The lowest BCUT2D eigenvalue weighted by Gasteiger charge is -2.29. The summed E-state index contributed by atoms with van der Waals surface area (Å²) >= 11 is 0. The first kappa shape index (κ1) is 14.7. The van der Waals surface area contributed by atoms with Gasteiger partial charge in [0.1, 0.15) is 12.4 Å². The summed E-state index contributed by atoms with van der Waals surface area (Å²) < 4.78 is 11.0. The summed E-state index contributed by atoms with van der Waals surface area (Å²) in [4.78, 5) is 14.2. The summed E-state index contributed by atoms with van der Waals surface area (Å²) in [6, 6.07) is 11.2. The maximum absolute atomic E-state index is 12.5. The van der Waals surface area contributed by atoms with Crippen LogP contribution in [0.5, 0.6) is 5.75 Å². The Kier molecular flexibility index (Phi) is 4.44. The van der Waals surface area contributed by atoms with Gasteiger partial charge in [-0.15, -0.1) is 0 Å². The highest BCUT2D eigenvalue weighted by atomic mass is 16.5. The van der Waals surface area contributed by atoms with Crippen LogP contribution in [0.3, 0.4) is 0 Å². The first-order valence-electron chi connectivity index (χ1n) is 7.45. The van der Waals surface area contributed by atoms with Crippen LogP contribution in [0.25, 0.3) is 0 Å². The molecule has 1 fully saturated rings. The van der Waals surface area contributed by atoms with Crippen LogP contribution in [0, 0.1) is 0 Å². The molecule has 0 atom stereocenters. The van der Waals surface area contributed by atoms with Gasteiger partial charge >= 0.3 is 0 Å². The zero-order valence-electron chi connectivity index (χ0n) is 12.3. The van der Waals surface area contributed by atoms with E-state index in [-0.39, 0.29) is 18.6 Å². The predicted octanol–water partition coefficient (Wildman–Crippen LogP) is 2.46. The molecule has 1 N–H and O–H groups in total. The second kappa shape index (κ2) is 6.66. The molecule has 1 aliphatic heterocycles. The van der Waals surface area contributed by atoms with Gasteiger partial charge in [-0.3, -0.25) is 4.79 Å². The first-order chi connectivity index (χ1) is 10.7. The monoisotopic (exact) mass is 301 g/mol. The number of piperidine rings is 1. The normalized spacial score (nSPS) is 15.8. The van der Waals surface area contributed by atoms with Gasteiger partial charge in [0.2, 0.25) is 0 Å². The Morgan fingerprint density at radius 1 is 1.23 bits per heavy atom. The SMILES string of the molecule is O=C(c1occc1COc1ccccc1)N1CCC(O)CC1. The largest absolute Gasteiger partial charge is 0.489 e. The summed E-state index contributed by atoms with van der Waals surface area (Å²) in [5, 5.41) is 9.52. The first-order valence-corrected chi connectivity index (χ1v) is 7.45. The van der Waals surface area contributed by atoms with Gasteiger partial charge in [0.15, 0.2) is 5.76 Å². The van der Waals surface area contributed by atoms with Gasteiger partial charge in [0.05, 0.1) is 12.4 Å². The van der Waals surface area contributed by atoms with E-state index in [1.54, 1.807) is 11.0 Å². The minimum absolute atomic E-state index is 0.136. The number of ether oxygens (including phenoxy) is 1. The number of aliphatic hydroxyl groups excluding tert-OH is 1. The fourth-order valence-electron chi connectivity index (χ4n) is 2.53. The van der Waals surface area contributed by atoms with Crippen molar-refractivity contribution in [3.8, 4) is 5.75 Å². The van der Waals surface area contributed by atoms with E-state index in [0.29, 0.717) is 31.7 Å². The summed E-state index contributed by atoms with van der Waals surface area (Å²) in [6.07, 6.45) is 2.43. The molecule has 5 nitrogen and oxygen atoms in total. The topological polar surface area (TPSA) is 62.9 Å². The van der Waals surface area contributed by atoms with E-state index in [0.717, 1.165) is 11.3 Å². The van der Waals surface area contributed by atoms with Crippen LogP contribution in [0.4, 0.5) is 0 Å². The molecule has 1 amide bonds. The maximum Gasteiger partial charge on any atom is 0.289 e. The lowest BCUT2D eigenvalue weighted by Crippen LogP contribution is -2.40. The van der Waals surface area contributed by atoms with Crippen molar-refractivity contribution in [1.29, 1.82) is 0 Å². The third kappa shape index (κ3) is 3.31. The van der Waals surface area contributed by atoms with Crippen LogP contribution >= 0.6 is 0 Å². The number of hydrogen-bond donors (Lipinski definition) is 1. The molecule has 1 aromatic carbocycles. The number of likely N-dealkylation sites (tertiary alicyclic amines) is 1. The molecule has 0 spiro atoms. The number of furan rings is 1. The Morgan fingerprint density at radius 2 is 1.95 bits per heavy atom. The van der Waals surface area contributed by atoms with Crippen LogP contribution in [-0.4, -0.2) is 35.1 Å². The Morgan fingerprint density at radius 3 is 2.68 bits per heavy atom. The number of para-hydroxylation sites is 1. The van der Waals surface area contributed by atoms with Gasteiger partial charge < -0.3 is 19.2 Å². The van der Waals surface area contributed by atoms with Crippen LogP contribution in [0.15, 0.2) is 47.1 Å². The molecule has 0 aliphatic carbocycles. The second-order valence-corrected chi connectivity index (χ2v) is 5.40. The molecule has 3 rings (SSSR count). The zero-order valence-corrected chi connectivity index (χ0v) is 12.3. The number of carbonyl (C=O) groups is 1. The van der Waals surface area contributed by atoms with Crippen molar-refractivity contribution in [2.24, 2.45) is 0 Å².